The summed E-state index contributed by atoms with van der Waals surface area (Å²) in [5.41, 5.74) is 2.05. The number of rotatable bonds is 7. The molecule has 4 rings (SSSR count). The Morgan fingerprint density at radius 1 is 1.09 bits per heavy atom. The van der Waals surface area contributed by atoms with Crippen molar-refractivity contribution in [2.75, 3.05) is 0 Å². The van der Waals surface area contributed by atoms with Gasteiger partial charge in [-0.05, 0) is 60.1 Å². The fourth-order valence-electron chi connectivity index (χ4n) is 4.35. The lowest BCUT2D eigenvalue weighted by Crippen LogP contribution is -2.38. The lowest BCUT2D eigenvalue weighted by atomic mass is 9.83. The lowest BCUT2D eigenvalue weighted by Gasteiger charge is -2.37. The van der Waals surface area contributed by atoms with Crippen LogP contribution in [0.2, 0.25) is 0 Å². The molecule has 3 aromatic rings. The number of thioether (sulfide) groups is 1. The first-order valence-corrected chi connectivity index (χ1v) is 12.4. The van der Waals surface area contributed by atoms with Gasteiger partial charge >= 0.3 is 5.97 Å². The molecule has 182 valence electrons. The van der Waals surface area contributed by atoms with E-state index in [1.54, 1.807) is 6.07 Å². The molecule has 2 heterocycles. The maximum atomic E-state index is 13.3. The Bertz CT molecular complexity index is 1330. The van der Waals surface area contributed by atoms with Crippen molar-refractivity contribution in [1.29, 1.82) is 0 Å². The van der Waals surface area contributed by atoms with E-state index in [9.17, 15) is 19.9 Å². The van der Waals surface area contributed by atoms with Gasteiger partial charge < -0.3 is 15.1 Å². The minimum Gasteiger partial charge on any atom is -0.511 e. The SMILES string of the molecule is Cc1ccc(C(C)C)c(SC2=C(O)CC(CCc3ccn(O)c(=O)c3)(c3ccccc3)OC2=O)c1. The quantitative estimate of drug-likeness (QED) is 0.318. The molecule has 0 amide bonds. The summed E-state index contributed by atoms with van der Waals surface area (Å²) in [6, 6.07) is 18.5. The Hall–Kier alpha value is -3.45. The molecule has 0 bridgehead atoms. The Balaban J connectivity index is 1.68. The number of nitrogens with zero attached hydrogens (tertiary/aromatic N) is 1. The highest BCUT2D eigenvalue weighted by atomic mass is 32.2. The van der Waals surface area contributed by atoms with Gasteiger partial charge in [0.15, 0.2) is 0 Å². The van der Waals surface area contributed by atoms with Crippen molar-refractivity contribution >= 4 is 17.7 Å². The highest BCUT2D eigenvalue weighted by Crippen LogP contribution is 2.46. The summed E-state index contributed by atoms with van der Waals surface area (Å²) in [7, 11) is 0. The molecule has 0 fully saturated rings. The number of aromatic nitrogens is 1. The molecule has 0 aliphatic carbocycles. The molecule has 0 saturated heterocycles. The van der Waals surface area contributed by atoms with Crippen LogP contribution in [0.5, 0.6) is 0 Å². The lowest BCUT2D eigenvalue weighted by molar-refractivity contribution is -0.160. The van der Waals surface area contributed by atoms with Gasteiger partial charge in [0, 0.05) is 17.2 Å². The monoisotopic (exact) mass is 491 g/mol. The maximum absolute atomic E-state index is 13.3. The van der Waals surface area contributed by atoms with E-state index >= 15 is 0 Å². The Kier molecular flexibility index (Phi) is 7.08. The first-order chi connectivity index (χ1) is 16.7. The molecule has 7 heteroatoms. The third-order valence-corrected chi connectivity index (χ3v) is 7.45. The fourth-order valence-corrected chi connectivity index (χ4v) is 5.55. The summed E-state index contributed by atoms with van der Waals surface area (Å²) in [4.78, 5) is 26.3. The van der Waals surface area contributed by atoms with E-state index < -0.39 is 17.1 Å². The highest BCUT2D eigenvalue weighted by Gasteiger charge is 2.43. The van der Waals surface area contributed by atoms with Crippen LogP contribution in [0.15, 0.2) is 87.2 Å². The standard InChI is InChI=1S/C28H29NO5S/c1-18(2)22-10-9-19(3)15-24(22)35-26-23(30)17-28(34-27(26)32,21-7-5-4-6-8-21)13-11-20-12-14-29(33)25(31)16-20/h4-10,12,14-16,18,30,33H,11,13,17H2,1-3H3. The summed E-state index contributed by atoms with van der Waals surface area (Å²) in [5, 5.41) is 20.6. The van der Waals surface area contributed by atoms with Gasteiger partial charge in [0.25, 0.3) is 5.56 Å². The molecule has 1 aliphatic heterocycles. The average molecular weight is 492 g/mol. The van der Waals surface area contributed by atoms with Gasteiger partial charge in [-0.25, -0.2) is 4.79 Å². The molecule has 1 aromatic heterocycles. The first kappa shape index (κ1) is 24.7. The van der Waals surface area contributed by atoms with Gasteiger partial charge in [-0.1, -0.05) is 68.1 Å². The van der Waals surface area contributed by atoms with E-state index in [1.807, 2.05) is 49.4 Å². The summed E-state index contributed by atoms with van der Waals surface area (Å²) in [6.07, 6.45) is 2.20. The van der Waals surface area contributed by atoms with Crippen molar-refractivity contribution in [2.24, 2.45) is 0 Å². The van der Waals surface area contributed by atoms with Crippen LogP contribution in [0.3, 0.4) is 0 Å². The summed E-state index contributed by atoms with van der Waals surface area (Å²) >= 11 is 1.25. The van der Waals surface area contributed by atoms with Crippen molar-refractivity contribution in [1.82, 2.24) is 4.73 Å². The van der Waals surface area contributed by atoms with Gasteiger partial charge in [-0.3, -0.25) is 4.79 Å². The zero-order valence-electron chi connectivity index (χ0n) is 20.0. The minimum absolute atomic E-state index is 0.00269. The molecule has 35 heavy (non-hydrogen) atoms. The Morgan fingerprint density at radius 3 is 2.49 bits per heavy atom. The number of benzene rings is 2. The smallest absolute Gasteiger partial charge is 0.349 e. The predicted molar refractivity (Wildman–Crippen MR) is 136 cm³/mol. The van der Waals surface area contributed by atoms with Crippen molar-refractivity contribution in [2.45, 2.75) is 56.4 Å². The predicted octanol–water partition coefficient (Wildman–Crippen LogP) is 5.85. The van der Waals surface area contributed by atoms with Crippen LogP contribution in [-0.2, 0) is 21.6 Å². The highest BCUT2D eigenvalue weighted by molar-refractivity contribution is 8.04. The van der Waals surface area contributed by atoms with E-state index in [-0.39, 0.29) is 23.0 Å². The molecule has 0 saturated carbocycles. The molecule has 1 aliphatic rings. The molecule has 1 unspecified atom stereocenters. The number of cyclic esters (lactones) is 1. The number of aliphatic hydroxyl groups excluding tert-OH is 1. The zero-order chi connectivity index (χ0) is 25.2. The molecule has 2 N–H and O–H groups in total. The van der Waals surface area contributed by atoms with E-state index in [0.717, 1.165) is 21.6 Å². The number of esters is 1. The molecule has 0 spiro atoms. The number of hydrogen-bond donors (Lipinski definition) is 2. The van der Waals surface area contributed by atoms with Gasteiger partial charge in [-0.2, -0.15) is 4.73 Å². The topological polar surface area (TPSA) is 88.8 Å². The number of ether oxygens (including phenoxy) is 1. The van der Waals surface area contributed by atoms with Gasteiger partial charge in [0.05, 0.1) is 6.42 Å². The van der Waals surface area contributed by atoms with Crippen molar-refractivity contribution in [3.63, 3.8) is 0 Å². The number of carbonyl (C=O) groups excluding carboxylic acids is 1. The Morgan fingerprint density at radius 2 is 1.83 bits per heavy atom. The van der Waals surface area contributed by atoms with Crippen molar-refractivity contribution in [3.8, 4) is 0 Å². The van der Waals surface area contributed by atoms with E-state index in [4.69, 9.17) is 4.74 Å². The second-order valence-electron chi connectivity index (χ2n) is 9.22. The van der Waals surface area contributed by atoms with Crippen molar-refractivity contribution in [3.05, 3.63) is 110 Å². The molecule has 1 atom stereocenters. The fraction of sp³-hybridized carbons (Fsp3) is 0.286. The van der Waals surface area contributed by atoms with Crippen LogP contribution >= 0.6 is 11.8 Å². The maximum Gasteiger partial charge on any atom is 0.349 e. The molecule has 0 radical (unpaired) electrons. The molecular formula is C28H29NO5S. The second-order valence-corrected chi connectivity index (χ2v) is 10.3. The summed E-state index contributed by atoms with van der Waals surface area (Å²) < 4.78 is 6.63. The number of pyridine rings is 1. The minimum atomic E-state index is -1.08. The van der Waals surface area contributed by atoms with Crippen LogP contribution in [-0.4, -0.2) is 21.0 Å². The largest absolute Gasteiger partial charge is 0.511 e. The van der Waals surface area contributed by atoms with Crippen LogP contribution in [0.25, 0.3) is 0 Å². The van der Waals surface area contributed by atoms with E-state index in [0.29, 0.717) is 23.1 Å². The Labute approximate surface area is 208 Å². The van der Waals surface area contributed by atoms with E-state index in [2.05, 4.69) is 19.9 Å². The molecule has 6 nitrogen and oxygen atoms in total. The first-order valence-electron chi connectivity index (χ1n) is 11.6. The van der Waals surface area contributed by atoms with Gasteiger partial charge in [0.1, 0.15) is 16.3 Å². The zero-order valence-corrected chi connectivity index (χ0v) is 20.8. The van der Waals surface area contributed by atoms with Gasteiger partial charge in [-0.15, -0.1) is 0 Å². The second kappa shape index (κ2) is 10.0. The number of carbonyl (C=O) groups is 1. The van der Waals surface area contributed by atoms with Crippen molar-refractivity contribution < 1.29 is 19.8 Å². The molecular weight excluding hydrogens is 462 g/mol. The van der Waals surface area contributed by atoms with Crippen LogP contribution < -0.4 is 5.56 Å². The van der Waals surface area contributed by atoms with E-state index in [1.165, 1.54) is 24.0 Å². The molecule has 2 aromatic carbocycles. The average Bonchev–Trinajstić information content (AvgIpc) is 2.82. The normalized spacial score (nSPS) is 18.1. The third kappa shape index (κ3) is 5.30. The number of hydrogen-bond acceptors (Lipinski definition) is 6. The summed E-state index contributed by atoms with van der Waals surface area (Å²) in [6.45, 7) is 6.19. The van der Waals surface area contributed by atoms with Gasteiger partial charge in [0.2, 0.25) is 0 Å². The third-order valence-electron chi connectivity index (χ3n) is 6.27. The van der Waals surface area contributed by atoms with Crippen LogP contribution in [0.1, 0.15) is 54.9 Å². The van der Waals surface area contributed by atoms with Crippen LogP contribution in [0.4, 0.5) is 0 Å². The number of aliphatic hydroxyl groups is 1. The number of aryl methyl sites for hydroxylation is 2. The van der Waals surface area contributed by atoms with Crippen LogP contribution in [0, 0.1) is 6.92 Å². The summed E-state index contributed by atoms with van der Waals surface area (Å²) in [5.74, 6) is -0.306.